The SMILES string of the molecule is Cc1ccccc1/C=C/C(NN)=C(/N)C(=O)O. The summed E-state index contributed by atoms with van der Waals surface area (Å²) in [6, 6.07) is 7.69. The standard InChI is InChI=1S/C12H15N3O2/c1-8-4-2-3-5-9(8)6-7-10(15-14)11(13)12(16)17/h2-7,15H,13-14H2,1H3,(H,16,17)/b7-6+,11-10-. The summed E-state index contributed by atoms with van der Waals surface area (Å²) in [5.41, 5.74) is 9.51. The van der Waals surface area contributed by atoms with Crippen LogP contribution < -0.4 is 17.0 Å². The Morgan fingerprint density at radius 3 is 2.59 bits per heavy atom. The number of carbonyl (C=O) groups is 1. The molecule has 0 radical (unpaired) electrons. The number of allylic oxidation sites excluding steroid dienone is 1. The maximum absolute atomic E-state index is 10.7. The van der Waals surface area contributed by atoms with Gasteiger partial charge in [0.05, 0.1) is 5.70 Å². The molecule has 5 heteroatoms. The number of carboxylic acids is 1. The molecule has 0 saturated heterocycles. The third-order valence-corrected chi connectivity index (χ3v) is 2.29. The first-order chi connectivity index (χ1) is 8.06. The number of hydrogen-bond donors (Lipinski definition) is 4. The molecule has 90 valence electrons. The first kappa shape index (κ1) is 12.8. The number of rotatable bonds is 4. The molecule has 1 rings (SSSR count). The van der Waals surface area contributed by atoms with Crippen LogP contribution in [0.25, 0.3) is 6.08 Å². The number of carboxylic acid groups (broad SMARTS) is 1. The van der Waals surface area contributed by atoms with Crippen LogP contribution in [0.1, 0.15) is 11.1 Å². The topological polar surface area (TPSA) is 101 Å². The lowest BCUT2D eigenvalue weighted by Gasteiger charge is -2.04. The molecule has 0 heterocycles. The molecule has 0 aliphatic heterocycles. The van der Waals surface area contributed by atoms with Gasteiger partial charge < -0.3 is 16.3 Å². The maximum atomic E-state index is 10.7. The van der Waals surface area contributed by atoms with E-state index in [4.69, 9.17) is 16.7 Å². The zero-order chi connectivity index (χ0) is 12.8. The highest BCUT2D eigenvalue weighted by Gasteiger charge is 2.06. The molecule has 0 atom stereocenters. The van der Waals surface area contributed by atoms with Gasteiger partial charge in [0.2, 0.25) is 0 Å². The van der Waals surface area contributed by atoms with Crippen LogP contribution in [0.4, 0.5) is 0 Å². The molecule has 0 bridgehead atoms. The van der Waals surface area contributed by atoms with Crippen LogP contribution in [0.5, 0.6) is 0 Å². The predicted molar refractivity (Wildman–Crippen MR) is 66.4 cm³/mol. The van der Waals surface area contributed by atoms with Gasteiger partial charge in [-0.15, -0.1) is 0 Å². The van der Waals surface area contributed by atoms with Crippen LogP contribution in [0, 0.1) is 6.92 Å². The molecule has 5 nitrogen and oxygen atoms in total. The quantitative estimate of drug-likeness (QED) is 0.266. The van der Waals surface area contributed by atoms with Crippen molar-refractivity contribution in [1.82, 2.24) is 5.43 Å². The summed E-state index contributed by atoms with van der Waals surface area (Å²) in [6.07, 6.45) is 3.28. The lowest BCUT2D eigenvalue weighted by molar-refractivity contribution is -0.132. The van der Waals surface area contributed by atoms with E-state index in [1.807, 2.05) is 31.2 Å². The fourth-order valence-electron chi connectivity index (χ4n) is 1.28. The molecule has 1 aromatic rings. The van der Waals surface area contributed by atoms with Gasteiger partial charge in [-0.2, -0.15) is 0 Å². The highest BCUT2D eigenvalue weighted by Crippen LogP contribution is 2.10. The van der Waals surface area contributed by atoms with Gasteiger partial charge in [0, 0.05) is 0 Å². The Kier molecular flexibility index (Phi) is 4.30. The van der Waals surface area contributed by atoms with Crippen molar-refractivity contribution in [2.24, 2.45) is 11.6 Å². The lowest BCUT2D eigenvalue weighted by Crippen LogP contribution is -2.26. The van der Waals surface area contributed by atoms with Crippen molar-refractivity contribution in [3.63, 3.8) is 0 Å². The number of aliphatic carboxylic acids is 1. The molecular formula is C12H15N3O2. The first-order valence-electron chi connectivity index (χ1n) is 4.99. The summed E-state index contributed by atoms with van der Waals surface area (Å²) < 4.78 is 0. The van der Waals surface area contributed by atoms with Gasteiger partial charge in [0.1, 0.15) is 5.70 Å². The Morgan fingerprint density at radius 2 is 2.06 bits per heavy atom. The number of nitrogens with two attached hydrogens (primary N) is 2. The minimum absolute atomic E-state index is 0.167. The average Bonchev–Trinajstić information content (AvgIpc) is 2.31. The van der Waals surface area contributed by atoms with Crippen LogP contribution in [-0.4, -0.2) is 11.1 Å². The van der Waals surface area contributed by atoms with E-state index < -0.39 is 5.97 Å². The second kappa shape index (κ2) is 5.72. The van der Waals surface area contributed by atoms with Crippen molar-refractivity contribution in [2.45, 2.75) is 6.92 Å². The van der Waals surface area contributed by atoms with Crippen molar-refractivity contribution in [3.8, 4) is 0 Å². The van der Waals surface area contributed by atoms with E-state index >= 15 is 0 Å². The summed E-state index contributed by atoms with van der Waals surface area (Å²) in [6.45, 7) is 1.96. The van der Waals surface area contributed by atoms with Gasteiger partial charge in [-0.25, -0.2) is 4.79 Å². The van der Waals surface area contributed by atoms with Crippen LogP contribution >= 0.6 is 0 Å². The molecule has 0 saturated carbocycles. The monoisotopic (exact) mass is 233 g/mol. The molecule has 6 N–H and O–H groups in total. The zero-order valence-electron chi connectivity index (χ0n) is 9.47. The second-order valence-electron chi connectivity index (χ2n) is 3.47. The Labute approximate surface area is 99.4 Å². The number of benzene rings is 1. The summed E-state index contributed by atoms with van der Waals surface area (Å²) in [4.78, 5) is 10.7. The van der Waals surface area contributed by atoms with E-state index in [0.29, 0.717) is 0 Å². The molecule has 0 aromatic heterocycles. The summed E-state index contributed by atoms with van der Waals surface area (Å²) in [5, 5.41) is 8.72. The van der Waals surface area contributed by atoms with E-state index in [2.05, 4.69) is 5.43 Å². The summed E-state index contributed by atoms with van der Waals surface area (Å²) in [7, 11) is 0. The van der Waals surface area contributed by atoms with Crippen LogP contribution in [-0.2, 0) is 4.79 Å². The van der Waals surface area contributed by atoms with Gasteiger partial charge in [0.25, 0.3) is 0 Å². The van der Waals surface area contributed by atoms with E-state index in [9.17, 15) is 4.79 Å². The Morgan fingerprint density at radius 1 is 1.41 bits per heavy atom. The Balaban J connectivity index is 3.01. The van der Waals surface area contributed by atoms with Crippen molar-refractivity contribution in [2.75, 3.05) is 0 Å². The van der Waals surface area contributed by atoms with Crippen molar-refractivity contribution in [1.29, 1.82) is 0 Å². The van der Waals surface area contributed by atoms with Crippen molar-refractivity contribution in [3.05, 3.63) is 52.9 Å². The van der Waals surface area contributed by atoms with Crippen LogP contribution in [0.3, 0.4) is 0 Å². The highest BCUT2D eigenvalue weighted by molar-refractivity contribution is 5.87. The summed E-state index contributed by atoms with van der Waals surface area (Å²) in [5.74, 6) is 4.00. The molecule has 0 aliphatic rings. The Hall–Kier alpha value is -2.27. The number of nitrogens with one attached hydrogen (secondary N) is 1. The maximum Gasteiger partial charge on any atom is 0.353 e. The molecular weight excluding hydrogens is 218 g/mol. The van der Waals surface area contributed by atoms with Crippen molar-refractivity contribution >= 4 is 12.0 Å². The molecule has 1 aromatic carbocycles. The van der Waals surface area contributed by atoms with Crippen LogP contribution in [0.2, 0.25) is 0 Å². The molecule has 17 heavy (non-hydrogen) atoms. The van der Waals surface area contributed by atoms with Gasteiger partial charge in [-0.1, -0.05) is 30.3 Å². The number of aryl methyl sites for hydroxylation is 1. The van der Waals surface area contributed by atoms with Gasteiger partial charge in [-0.3, -0.25) is 5.84 Å². The van der Waals surface area contributed by atoms with Crippen LogP contribution in [0.15, 0.2) is 41.7 Å². The first-order valence-corrected chi connectivity index (χ1v) is 4.99. The number of hydrogen-bond acceptors (Lipinski definition) is 4. The lowest BCUT2D eigenvalue weighted by atomic mass is 10.1. The fourth-order valence-corrected chi connectivity index (χ4v) is 1.28. The normalized spacial score (nSPS) is 12.4. The highest BCUT2D eigenvalue weighted by atomic mass is 16.4. The summed E-state index contributed by atoms with van der Waals surface area (Å²) >= 11 is 0. The molecule has 0 unspecified atom stereocenters. The van der Waals surface area contributed by atoms with E-state index in [0.717, 1.165) is 11.1 Å². The largest absolute Gasteiger partial charge is 0.477 e. The molecule has 0 aliphatic carbocycles. The number of hydrazine groups is 1. The minimum atomic E-state index is -1.22. The second-order valence-corrected chi connectivity index (χ2v) is 3.47. The minimum Gasteiger partial charge on any atom is -0.477 e. The van der Waals surface area contributed by atoms with Gasteiger partial charge in [0.15, 0.2) is 0 Å². The third kappa shape index (κ3) is 3.35. The third-order valence-electron chi connectivity index (χ3n) is 2.29. The molecule has 0 fully saturated rings. The fraction of sp³-hybridized carbons (Fsp3) is 0.0833. The van der Waals surface area contributed by atoms with E-state index in [-0.39, 0.29) is 11.4 Å². The van der Waals surface area contributed by atoms with Crippen molar-refractivity contribution < 1.29 is 9.90 Å². The Bertz CT molecular complexity index is 478. The van der Waals surface area contributed by atoms with Gasteiger partial charge in [-0.05, 0) is 24.1 Å². The zero-order valence-corrected chi connectivity index (χ0v) is 9.47. The predicted octanol–water partition coefficient (Wildman–Crippen LogP) is 0.726. The van der Waals surface area contributed by atoms with E-state index in [1.165, 1.54) is 6.08 Å². The average molecular weight is 233 g/mol. The van der Waals surface area contributed by atoms with E-state index in [1.54, 1.807) is 6.08 Å². The smallest absolute Gasteiger partial charge is 0.353 e. The molecule has 0 amide bonds. The molecule has 0 spiro atoms. The van der Waals surface area contributed by atoms with Gasteiger partial charge >= 0.3 is 5.97 Å².